The minimum atomic E-state index is -0.353. The number of carbonyl (C=O) groups excluding carboxylic acids is 1. The third-order valence-corrected chi connectivity index (χ3v) is 2.34. The molecule has 3 rings (SSSR count). The van der Waals surface area contributed by atoms with Gasteiger partial charge in [0.05, 0.1) is 0 Å². The molecule has 7 nitrogen and oxygen atoms in total. The fourth-order valence-corrected chi connectivity index (χ4v) is 1.55. The summed E-state index contributed by atoms with van der Waals surface area (Å²) in [5, 5.41) is 10.4. The highest BCUT2D eigenvalue weighted by molar-refractivity contribution is 6.02. The van der Waals surface area contributed by atoms with Crippen LogP contribution >= 0.6 is 0 Å². The van der Waals surface area contributed by atoms with E-state index < -0.39 is 0 Å². The minimum Gasteiger partial charge on any atom is -0.360 e. The number of carbonyl (C=O) groups is 1. The number of hydrogen-bond acceptors (Lipinski definition) is 5. The van der Waals surface area contributed by atoms with Crippen LogP contribution < -0.4 is 5.32 Å². The van der Waals surface area contributed by atoms with Crippen molar-refractivity contribution >= 4 is 17.4 Å². The Bertz CT molecular complexity index is 682. The van der Waals surface area contributed by atoms with E-state index in [4.69, 9.17) is 4.52 Å². The van der Waals surface area contributed by atoms with E-state index in [1.54, 1.807) is 37.5 Å². The second-order valence-electron chi connectivity index (χ2n) is 3.73. The highest BCUT2D eigenvalue weighted by atomic mass is 16.5. The number of anilines is 1. The van der Waals surface area contributed by atoms with Crippen LogP contribution in [0.15, 0.2) is 35.1 Å². The van der Waals surface area contributed by atoms with Gasteiger partial charge >= 0.3 is 0 Å². The van der Waals surface area contributed by atoms with Gasteiger partial charge in [-0.3, -0.25) is 4.79 Å². The van der Waals surface area contributed by atoms with Crippen molar-refractivity contribution in [1.29, 1.82) is 0 Å². The molecule has 3 aromatic rings. The molecule has 1 amide bonds. The summed E-state index contributed by atoms with van der Waals surface area (Å²) in [7, 11) is 0. The molecule has 0 aliphatic rings. The molecule has 0 aliphatic heterocycles. The molecular weight excluding hydrogens is 234 g/mol. The summed E-state index contributed by atoms with van der Waals surface area (Å²) in [5.41, 5.74) is 0.883. The van der Waals surface area contributed by atoms with Crippen molar-refractivity contribution in [2.75, 3.05) is 5.32 Å². The molecule has 0 bridgehead atoms. The second kappa shape index (κ2) is 3.95. The predicted octanol–water partition coefficient (Wildman–Crippen LogP) is 1.28. The number of aromatic nitrogens is 4. The van der Waals surface area contributed by atoms with Gasteiger partial charge in [0.25, 0.3) is 5.91 Å². The van der Waals surface area contributed by atoms with Crippen LogP contribution in [0.4, 0.5) is 5.82 Å². The number of fused-ring (bicyclic) bond motifs is 1. The normalized spacial score (nSPS) is 10.7. The highest BCUT2D eigenvalue weighted by Gasteiger charge is 2.13. The van der Waals surface area contributed by atoms with Crippen molar-refractivity contribution in [3.8, 4) is 0 Å². The van der Waals surface area contributed by atoms with Gasteiger partial charge in [0.15, 0.2) is 17.2 Å². The van der Waals surface area contributed by atoms with Gasteiger partial charge in [-0.1, -0.05) is 5.16 Å². The van der Waals surface area contributed by atoms with Gasteiger partial charge in [0.2, 0.25) is 0 Å². The van der Waals surface area contributed by atoms with E-state index in [0.717, 1.165) is 0 Å². The third-order valence-electron chi connectivity index (χ3n) is 2.34. The zero-order chi connectivity index (χ0) is 12.5. The Hall–Kier alpha value is -2.70. The molecule has 0 saturated heterocycles. The summed E-state index contributed by atoms with van der Waals surface area (Å²) in [5.74, 6) is 0.637. The van der Waals surface area contributed by atoms with Gasteiger partial charge in [0.1, 0.15) is 5.76 Å². The molecule has 3 aromatic heterocycles. The van der Waals surface area contributed by atoms with Crippen molar-refractivity contribution in [2.24, 2.45) is 0 Å². The second-order valence-corrected chi connectivity index (χ2v) is 3.73. The van der Waals surface area contributed by atoms with Gasteiger partial charge in [-0.05, 0) is 13.0 Å². The topological polar surface area (TPSA) is 85.3 Å². The Morgan fingerprint density at radius 2 is 2.33 bits per heavy atom. The molecule has 1 N–H and O–H groups in total. The summed E-state index contributed by atoms with van der Waals surface area (Å²) >= 11 is 0. The lowest BCUT2D eigenvalue weighted by Crippen LogP contribution is -2.12. The smallest absolute Gasteiger partial charge is 0.277 e. The maximum absolute atomic E-state index is 11.9. The molecule has 7 heteroatoms. The van der Waals surface area contributed by atoms with E-state index in [1.807, 2.05) is 0 Å². The molecule has 0 unspecified atom stereocenters. The fourth-order valence-electron chi connectivity index (χ4n) is 1.55. The molecule has 3 heterocycles. The lowest BCUT2D eigenvalue weighted by atomic mass is 10.4. The first-order valence-electron chi connectivity index (χ1n) is 5.27. The van der Waals surface area contributed by atoms with Crippen LogP contribution in [0.2, 0.25) is 0 Å². The van der Waals surface area contributed by atoms with E-state index in [0.29, 0.717) is 17.2 Å². The molecule has 0 radical (unpaired) electrons. The van der Waals surface area contributed by atoms with Gasteiger partial charge in [-0.15, -0.1) is 0 Å². The molecule has 0 aliphatic carbocycles. The first-order chi connectivity index (χ1) is 8.72. The monoisotopic (exact) mass is 243 g/mol. The molecule has 90 valence electrons. The van der Waals surface area contributed by atoms with Crippen molar-refractivity contribution in [1.82, 2.24) is 19.8 Å². The Morgan fingerprint density at radius 3 is 3.06 bits per heavy atom. The zero-order valence-electron chi connectivity index (χ0n) is 9.49. The highest BCUT2D eigenvalue weighted by Crippen LogP contribution is 2.09. The SMILES string of the molecule is Cc1cc(NC(=O)c2cc3ncccn3n2)no1. The molecule has 0 atom stereocenters. The molecule has 0 saturated carbocycles. The van der Waals surface area contributed by atoms with Crippen LogP contribution in [-0.2, 0) is 0 Å². The van der Waals surface area contributed by atoms with E-state index in [1.165, 1.54) is 4.52 Å². The summed E-state index contributed by atoms with van der Waals surface area (Å²) in [6.45, 7) is 1.75. The van der Waals surface area contributed by atoms with Crippen LogP contribution in [0.1, 0.15) is 16.2 Å². The van der Waals surface area contributed by atoms with Gasteiger partial charge < -0.3 is 9.84 Å². The lowest BCUT2D eigenvalue weighted by molar-refractivity contribution is 0.102. The number of aryl methyl sites for hydroxylation is 1. The Kier molecular flexibility index (Phi) is 2.30. The van der Waals surface area contributed by atoms with E-state index in [9.17, 15) is 4.79 Å². The van der Waals surface area contributed by atoms with Crippen LogP contribution in [0.25, 0.3) is 5.65 Å². The minimum absolute atomic E-state index is 0.273. The quantitative estimate of drug-likeness (QED) is 0.732. The van der Waals surface area contributed by atoms with Crippen LogP contribution in [0.3, 0.4) is 0 Å². The maximum atomic E-state index is 11.9. The first kappa shape index (κ1) is 10.5. The predicted molar refractivity (Wildman–Crippen MR) is 62.2 cm³/mol. The van der Waals surface area contributed by atoms with E-state index in [-0.39, 0.29) is 11.6 Å². The van der Waals surface area contributed by atoms with Crippen molar-refractivity contribution in [2.45, 2.75) is 6.92 Å². The summed E-state index contributed by atoms with van der Waals surface area (Å²) in [4.78, 5) is 16.0. The average molecular weight is 243 g/mol. The Balaban J connectivity index is 1.87. The fraction of sp³-hybridized carbons (Fsp3) is 0.0909. The Morgan fingerprint density at radius 1 is 1.44 bits per heavy atom. The number of nitrogens with one attached hydrogen (secondary N) is 1. The van der Waals surface area contributed by atoms with Gasteiger partial charge in [-0.25, -0.2) is 9.50 Å². The molecule has 0 aromatic carbocycles. The van der Waals surface area contributed by atoms with Crippen molar-refractivity contribution < 1.29 is 9.32 Å². The van der Waals surface area contributed by atoms with Gasteiger partial charge in [-0.2, -0.15) is 5.10 Å². The lowest BCUT2D eigenvalue weighted by Gasteiger charge is -1.95. The molecular formula is C11H9N5O2. The van der Waals surface area contributed by atoms with Crippen molar-refractivity contribution in [3.05, 3.63) is 42.0 Å². The van der Waals surface area contributed by atoms with E-state index >= 15 is 0 Å². The van der Waals surface area contributed by atoms with Crippen LogP contribution in [-0.4, -0.2) is 25.7 Å². The average Bonchev–Trinajstić information content (AvgIpc) is 2.95. The summed E-state index contributed by atoms with van der Waals surface area (Å²) in [6.07, 6.45) is 3.36. The molecule has 0 spiro atoms. The number of nitrogens with zero attached hydrogens (tertiary/aromatic N) is 4. The number of rotatable bonds is 2. The molecule has 0 fully saturated rings. The summed E-state index contributed by atoms with van der Waals surface area (Å²) < 4.78 is 6.39. The van der Waals surface area contributed by atoms with Crippen LogP contribution in [0.5, 0.6) is 0 Å². The van der Waals surface area contributed by atoms with E-state index in [2.05, 4.69) is 20.6 Å². The van der Waals surface area contributed by atoms with Crippen molar-refractivity contribution in [3.63, 3.8) is 0 Å². The van der Waals surface area contributed by atoms with Gasteiger partial charge in [0, 0.05) is 24.5 Å². The first-order valence-corrected chi connectivity index (χ1v) is 5.27. The maximum Gasteiger partial charge on any atom is 0.277 e. The Labute approximate surface area is 101 Å². The van der Waals surface area contributed by atoms with Crippen LogP contribution in [0, 0.1) is 6.92 Å². The standard InChI is InChI=1S/C11H9N5O2/c1-7-5-9(15-18-7)13-11(17)8-6-10-12-3-2-4-16(10)14-8/h2-6H,1H3,(H,13,15,17). The summed E-state index contributed by atoms with van der Waals surface area (Å²) in [6, 6.07) is 4.97. The largest absolute Gasteiger partial charge is 0.360 e. The third kappa shape index (κ3) is 1.81. The number of amides is 1. The zero-order valence-corrected chi connectivity index (χ0v) is 9.49. The number of hydrogen-bond donors (Lipinski definition) is 1. The molecule has 18 heavy (non-hydrogen) atoms.